The highest BCUT2D eigenvalue weighted by molar-refractivity contribution is 6.00. The molecule has 2 rings (SSSR count). The normalized spacial score (nSPS) is 12.2. The molecule has 1 atom stereocenters. The summed E-state index contributed by atoms with van der Waals surface area (Å²) in [5.74, 6) is 0.339. The Balaban J connectivity index is 2.39. The van der Waals surface area contributed by atoms with Gasteiger partial charge in [0.1, 0.15) is 0 Å². The topological polar surface area (TPSA) is 46.3 Å². The summed E-state index contributed by atoms with van der Waals surface area (Å²) in [5, 5.41) is 0. The van der Waals surface area contributed by atoms with Crippen LogP contribution in [0.1, 0.15) is 24.2 Å². The van der Waals surface area contributed by atoms with Gasteiger partial charge in [0.2, 0.25) is 0 Å². The molecule has 0 aliphatic carbocycles. The number of hydrogen-bond donors (Lipinski definition) is 1. The molecule has 1 amide bonds. The number of nitrogens with two attached hydrogens (primary N) is 1. The summed E-state index contributed by atoms with van der Waals surface area (Å²) in [7, 11) is 1.83. The zero-order valence-corrected chi connectivity index (χ0v) is 13.5. The molecular weight excluding hydrogens is 272 g/mol. The number of hydrogen-bond acceptors (Lipinski definition) is 2. The first-order valence-corrected chi connectivity index (χ1v) is 7.68. The van der Waals surface area contributed by atoms with Crippen molar-refractivity contribution in [3.05, 3.63) is 60.2 Å². The van der Waals surface area contributed by atoms with E-state index in [0.29, 0.717) is 12.5 Å². The Morgan fingerprint density at radius 2 is 1.64 bits per heavy atom. The van der Waals surface area contributed by atoms with Crippen LogP contribution in [-0.2, 0) is 0 Å². The molecule has 0 fully saturated rings. The second-order valence-corrected chi connectivity index (χ2v) is 5.87. The Hall–Kier alpha value is -2.13. The van der Waals surface area contributed by atoms with E-state index in [4.69, 9.17) is 5.73 Å². The molecule has 3 heteroatoms. The van der Waals surface area contributed by atoms with E-state index >= 15 is 0 Å². The number of amides is 1. The van der Waals surface area contributed by atoms with Gasteiger partial charge in [-0.3, -0.25) is 4.79 Å². The number of nitrogens with zero attached hydrogens (tertiary/aromatic N) is 1. The number of benzene rings is 2. The maximum atomic E-state index is 12.9. The summed E-state index contributed by atoms with van der Waals surface area (Å²) in [5.41, 5.74) is 8.57. The minimum atomic E-state index is 0.0172. The van der Waals surface area contributed by atoms with Crippen LogP contribution >= 0.6 is 0 Å². The Kier molecular flexibility index (Phi) is 5.34. The number of rotatable bonds is 5. The Bertz CT molecular complexity index is 622. The van der Waals surface area contributed by atoms with Gasteiger partial charge >= 0.3 is 0 Å². The maximum Gasteiger partial charge on any atom is 0.254 e. The van der Waals surface area contributed by atoms with Gasteiger partial charge in [-0.25, -0.2) is 0 Å². The molecule has 0 saturated carbocycles. The molecule has 0 bridgehead atoms. The van der Waals surface area contributed by atoms with Gasteiger partial charge < -0.3 is 10.6 Å². The van der Waals surface area contributed by atoms with E-state index in [2.05, 4.69) is 13.8 Å². The van der Waals surface area contributed by atoms with Crippen molar-refractivity contribution in [2.75, 3.05) is 13.6 Å². The Labute approximate surface area is 132 Å². The molecule has 0 unspecified atom stereocenters. The van der Waals surface area contributed by atoms with Crippen LogP contribution in [0.15, 0.2) is 54.6 Å². The van der Waals surface area contributed by atoms with Crippen LogP contribution in [0.4, 0.5) is 0 Å². The van der Waals surface area contributed by atoms with Crippen molar-refractivity contribution in [1.29, 1.82) is 0 Å². The summed E-state index contributed by atoms with van der Waals surface area (Å²) >= 11 is 0. The fourth-order valence-corrected chi connectivity index (χ4v) is 2.76. The van der Waals surface area contributed by atoms with Crippen LogP contribution in [0.3, 0.4) is 0 Å². The molecule has 116 valence electrons. The third kappa shape index (κ3) is 3.37. The van der Waals surface area contributed by atoms with Crippen molar-refractivity contribution in [2.24, 2.45) is 11.7 Å². The highest BCUT2D eigenvalue weighted by Gasteiger charge is 2.24. The average molecular weight is 296 g/mol. The second-order valence-electron chi connectivity index (χ2n) is 5.87. The van der Waals surface area contributed by atoms with Crippen molar-refractivity contribution in [1.82, 2.24) is 4.90 Å². The van der Waals surface area contributed by atoms with E-state index in [1.165, 1.54) is 0 Å². The summed E-state index contributed by atoms with van der Waals surface area (Å²) < 4.78 is 0. The van der Waals surface area contributed by atoms with Gasteiger partial charge in [0.25, 0.3) is 5.91 Å². The molecule has 0 aliphatic rings. The van der Waals surface area contributed by atoms with Crippen molar-refractivity contribution < 1.29 is 4.79 Å². The lowest BCUT2D eigenvalue weighted by Crippen LogP contribution is -2.45. The minimum absolute atomic E-state index is 0.0172. The molecule has 2 N–H and O–H groups in total. The summed E-state index contributed by atoms with van der Waals surface area (Å²) in [6, 6.07) is 17.8. The lowest BCUT2D eigenvalue weighted by atomic mass is 9.97. The lowest BCUT2D eigenvalue weighted by molar-refractivity contribution is 0.0697. The van der Waals surface area contributed by atoms with Gasteiger partial charge in [0.15, 0.2) is 0 Å². The molecule has 2 aromatic carbocycles. The molecule has 3 nitrogen and oxygen atoms in total. The van der Waals surface area contributed by atoms with E-state index in [-0.39, 0.29) is 11.9 Å². The second kappa shape index (κ2) is 7.23. The molecular formula is C19H24N2O. The summed E-state index contributed by atoms with van der Waals surface area (Å²) in [6.07, 6.45) is 0. The molecule has 22 heavy (non-hydrogen) atoms. The monoisotopic (exact) mass is 296 g/mol. The van der Waals surface area contributed by atoms with Crippen LogP contribution < -0.4 is 5.73 Å². The SMILES string of the molecule is CC(C)[C@H](CN)N(C)C(=O)c1ccccc1-c1ccccc1. The van der Waals surface area contributed by atoms with E-state index in [0.717, 1.165) is 16.7 Å². The van der Waals surface area contributed by atoms with E-state index in [1.807, 2.05) is 61.6 Å². The fourth-order valence-electron chi connectivity index (χ4n) is 2.76. The predicted molar refractivity (Wildman–Crippen MR) is 91.7 cm³/mol. The zero-order chi connectivity index (χ0) is 16.1. The summed E-state index contributed by atoms with van der Waals surface area (Å²) in [6.45, 7) is 4.64. The van der Waals surface area contributed by atoms with Gasteiger partial charge in [0.05, 0.1) is 0 Å². The zero-order valence-electron chi connectivity index (χ0n) is 13.5. The van der Waals surface area contributed by atoms with Gasteiger partial charge in [-0.15, -0.1) is 0 Å². The molecule has 0 radical (unpaired) electrons. The van der Waals surface area contributed by atoms with Gasteiger partial charge in [-0.1, -0.05) is 62.4 Å². The lowest BCUT2D eigenvalue weighted by Gasteiger charge is -2.30. The standard InChI is InChI=1S/C19H24N2O/c1-14(2)18(13-20)21(3)19(22)17-12-8-7-11-16(17)15-9-5-4-6-10-15/h4-12,14,18H,13,20H2,1-3H3/t18-/m0/s1. The minimum Gasteiger partial charge on any atom is -0.337 e. The van der Waals surface area contributed by atoms with Crippen LogP contribution in [0.2, 0.25) is 0 Å². The first-order valence-electron chi connectivity index (χ1n) is 7.68. The first-order chi connectivity index (χ1) is 10.6. The molecule has 0 heterocycles. The number of carbonyl (C=O) groups excluding carboxylic acids is 1. The Morgan fingerprint density at radius 1 is 1.05 bits per heavy atom. The summed E-state index contributed by atoms with van der Waals surface area (Å²) in [4.78, 5) is 14.7. The van der Waals surface area contributed by atoms with Crippen molar-refractivity contribution in [2.45, 2.75) is 19.9 Å². The fraction of sp³-hybridized carbons (Fsp3) is 0.316. The van der Waals surface area contributed by atoms with Gasteiger partial charge in [-0.2, -0.15) is 0 Å². The maximum absolute atomic E-state index is 12.9. The smallest absolute Gasteiger partial charge is 0.254 e. The van der Waals surface area contributed by atoms with Crippen LogP contribution in [0, 0.1) is 5.92 Å². The molecule has 2 aromatic rings. The first kappa shape index (κ1) is 16.2. The third-order valence-electron chi connectivity index (χ3n) is 4.07. The van der Waals surface area contributed by atoms with E-state index < -0.39 is 0 Å². The molecule has 0 spiro atoms. The van der Waals surface area contributed by atoms with Gasteiger partial charge in [-0.05, 0) is 23.1 Å². The highest BCUT2D eigenvalue weighted by atomic mass is 16.2. The third-order valence-corrected chi connectivity index (χ3v) is 4.07. The number of carbonyl (C=O) groups is 1. The molecule has 0 aromatic heterocycles. The van der Waals surface area contributed by atoms with Crippen molar-refractivity contribution in [3.63, 3.8) is 0 Å². The van der Waals surface area contributed by atoms with Gasteiger partial charge in [0, 0.05) is 25.2 Å². The molecule has 0 saturated heterocycles. The van der Waals surface area contributed by atoms with E-state index in [9.17, 15) is 4.79 Å². The van der Waals surface area contributed by atoms with Crippen molar-refractivity contribution in [3.8, 4) is 11.1 Å². The Morgan fingerprint density at radius 3 is 2.23 bits per heavy atom. The van der Waals surface area contributed by atoms with Crippen molar-refractivity contribution >= 4 is 5.91 Å². The van der Waals surface area contributed by atoms with Crippen LogP contribution in [0.25, 0.3) is 11.1 Å². The number of likely N-dealkylation sites (N-methyl/N-ethyl adjacent to an activating group) is 1. The van der Waals surface area contributed by atoms with Crippen LogP contribution in [0.5, 0.6) is 0 Å². The van der Waals surface area contributed by atoms with E-state index in [1.54, 1.807) is 4.90 Å². The quantitative estimate of drug-likeness (QED) is 0.919. The highest BCUT2D eigenvalue weighted by Crippen LogP contribution is 2.25. The largest absolute Gasteiger partial charge is 0.337 e. The molecule has 0 aliphatic heterocycles. The predicted octanol–water partition coefficient (Wildman–Crippen LogP) is 3.41. The van der Waals surface area contributed by atoms with Crippen LogP contribution in [-0.4, -0.2) is 30.4 Å². The average Bonchev–Trinajstić information content (AvgIpc) is 2.55.